The average molecular weight is 347 g/mol. The van der Waals surface area contributed by atoms with E-state index in [4.69, 9.17) is 5.73 Å². The highest BCUT2D eigenvalue weighted by atomic mass is 32.1. The Balaban J connectivity index is 1.97. The number of thiazole rings is 1. The van der Waals surface area contributed by atoms with Crippen molar-refractivity contribution in [3.63, 3.8) is 0 Å². The minimum Gasteiger partial charge on any atom is -0.333 e. The molecule has 1 amide bonds. The molecule has 1 aromatic carbocycles. The van der Waals surface area contributed by atoms with Gasteiger partial charge in [0.2, 0.25) is 0 Å². The lowest BCUT2D eigenvalue weighted by Gasteiger charge is -2.39. The van der Waals surface area contributed by atoms with Gasteiger partial charge in [-0.15, -0.1) is 11.3 Å². The summed E-state index contributed by atoms with van der Waals surface area (Å²) in [5.74, 6) is 0.0308. The monoisotopic (exact) mass is 347 g/mol. The number of piperidine rings is 1. The number of benzene rings is 1. The summed E-state index contributed by atoms with van der Waals surface area (Å²) < 4.78 is 13.2. The minimum atomic E-state index is -0.291. The second-order valence-corrected chi connectivity index (χ2v) is 7.54. The van der Waals surface area contributed by atoms with Gasteiger partial charge in [-0.05, 0) is 43.4 Å². The zero-order valence-corrected chi connectivity index (χ0v) is 14.8. The predicted octanol–water partition coefficient (Wildman–Crippen LogP) is 3.46. The first-order valence-corrected chi connectivity index (χ1v) is 9.07. The predicted molar refractivity (Wildman–Crippen MR) is 94.5 cm³/mol. The van der Waals surface area contributed by atoms with E-state index >= 15 is 0 Å². The molecule has 3 rings (SSSR count). The first-order chi connectivity index (χ1) is 11.5. The Morgan fingerprint density at radius 3 is 2.79 bits per heavy atom. The molecule has 1 saturated heterocycles. The molecule has 2 aromatic rings. The van der Waals surface area contributed by atoms with Gasteiger partial charge in [-0.3, -0.25) is 4.79 Å². The van der Waals surface area contributed by atoms with Crippen LogP contribution in [0.15, 0.2) is 24.3 Å². The van der Waals surface area contributed by atoms with Crippen LogP contribution in [0.5, 0.6) is 0 Å². The van der Waals surface area contributed by atoms with E-state index in [2.05, 4.69) is 11.9 Å². The van der Waals surface area contributed by atoms with Crippen LogP contribution < -0.4 is 5.73 Å². The summed E-state index contributed by atoms with van der Waals surface area (Å²) in [6.07, 6.45) is 2.07. The Bertz CT molecular complexity index is 728. The summed E-state index contributed by atoms with van der Waals surface area (Å²) in [6.45, 7) is 5.20. The van der Waals surface area contributed by atoms with Crippen molar-refractivity contribution in [1.82, 2.24) is 9.88 Å². The molecular weight excluding hydrogens is 325 g/mol. The van der Waals surface area contributed by atoms with Gasteiger partial charge in [-0.2, -0.15) is 0 Å². The van der Waals surface area contributed by atoms with Crippen molar-refractivity contribution in [1.29, 1.82) is 0 Å². The number of carbonyl (C=O) groups excluding carboxylic acids is 1. The largest absolute Gasteiger partial charge is 0.333 e. The molecule has 2 N–H and O–H groups in total. The molecule has 2 heterocycles. The third kappa shape index (κ3) is 3.21. The van der Waals surface area contributed by atoms with Gasteiger partial charge in [0.15, 0.2) is 0 Å². The van der Waals surface area contributed by atoms with Crippen LogP contribution in [0.2, 0.25) is 0 Å². The first kappa shape index (κ1) is 17.0. The molecule has 2 atom stereocenters. The van der Waals surface area contributed by atoms with Crippen molar-refractivity contribution in [3.05, 3.63) is 40.8 Å². The summed E-state index contributed by atoms with van der Waals surface area (Å²) in [5.41, 5.74) is 7.19. The summed E-state index contributed by atoms with van der Waals surface area (Å²) in [6, 6.07) is 6.25. The van der Waals surface area contributed by atoms with Gasteiger partial charge in [0, 0.05) is 19.1 Å². The van der Waals surface area contributed by atoms with Crippen LogP contribution in [0.1, 0.15) is 35.3 Å². The SMILES string of the molecule is Cc1nc(C(=O)N2CCC[C@@H](C)[C@@H]2CN)c(-c2ccc(F)cc2)s1. The minimum absolute atomic E-state index is 0.0503. The molecule has 1 aliphatic rings. The van der Waals surface area contributed by atoms with Gasteiger partial charge >= 0.3 is 0 Å². The Hall–Kier alpha value is -1.79. The maximum absolute atomic E-state index is 13.2. The third-order valence-electron chi connectivity index (χ3n) is 4.66. The molecule has 0 radical (unpaired) electrons. The molecule has 1 aliphatic heterocycles. The van der Waals surface area contributed by atoms with Crippen molar-refractivity contribution in [3.8, 4) is 10.4 Å². The van der Waals surface area contributed by atoms with E-state index in [0.717, 1.165) is 28.3 Å². The van der Waals surface area contributed by atoms with E-state index in [1.165, 1.54) is 23.5 Å². The van der Waals surface area contributed by atoms with Gasteiger partial charge in [0.25, 0.3) is 5.91 Å². The molecular formula is C18H22FN3OS. The lowest BCUT2D eigenvalue weighted by Crippen LogP contribution is -2.51. The van der Waals surface area contributed by atoms with Crippen molar-refractivity contribution in [2.75, 3.05) is 13.1 Å². The quantitative estimate of drug-likeness (QED) is 0.925. The average Bonchev–Trinajstić information content (AvgIpc) is 2.96. The Morgan fingerprint density at radius 2 is 2.12 bits per heavy atom. The highest BCUT2D eigenvalue weighted by Crippen LogP contribution is 2.33. The second kappa shape index (κ2) is 6.99. The maximum atomic E-state index is 13.2. The fourth-order valence-electron chi connectivity index (χ4n) is 3.37. The van der Waals surface area contributed by atoms with Crippen molar-refractivity contribution in [2.24, 2.45) is 11.7 Å². The molecule has 0 unspecified atom stereocenters. The molecule has 0 saturated carbocycles. The first-order valence-electron chi connectivity index (χ1n) is 8.25. The van der Waals surface area contributed by atoms with E-state index in [-0.39, 0.29) is 17.8 Å². The highest BCUT2D eigenvalue weighted by Gasteiger charge is 2.33. The van der Waals surface area contributed by atoms with Crippen molar-refractivity contribution in [2.45, 2.75) is 32.7 Å². The molecule has 128 valence electrons. The molecule has 4 nitrogen and oxygen atoms in total. The number of likely N-dealkylation sites (tertiary alicyclic amines) is 1. The van der Waals surface area contributed by atoms with Gasteiger partial charge in [0.1, 0.15) is 11.5 Å². The number of nitrogens with zero attached hydrogens (tertiary/aromatic N) is 2. The van der Waals surface area contributed by atoms with Crippen LogP contribution in [-0.4, -0.2) is 34.9 Å². The lowest BCUT2D eigenvalue weighted by atomic mass is 9.90. The summed E-state index contributed by atoms with van der Waals surface area (Å²) in [7, 11) is 0. The Morgan fingerprint density at radius 1 is 1.42 bits per heavy atom. The maximum Gasteiger partial charge on any atom is 0.274 e. The normalized spacial score (nSPS) is 21.1. The Kier molecular flexibility index (Phi) is 4.96. The molecule has 0 aliphatic carbocycles. The number of aromatic nitrogens is 1. The number of amides is 1. The fourth-order valence-corrected chi connectivity index (χ4v) is 4.28. The number of carbonyl (C=O) groups is 1. The second-order valence-electron chi connectivity index (χ2n) is 6.34. The molecule has 6 heteroatoms. The van der Waals surface area contributed by atoms with Crippen molar-refractivity contribution >= 4 is 17.2 Å². The van der Waals surface area contributed by atoms with Gasteiger partial charge < -0.3 is 10.6 Å². The van der Waals surface area contributed by atoms with Crippen LogP contribution in [-0.2, 0) is 0 Å². The van der Waals surface area contributed by atoms with E-state index in [1.807, 2.05) is 11.8 Å². The van der Waals surface area contributed by atoms with E-state index < -0.39 is 0 Å². The van der Waals surface area contributed by atoms with Crippen molar-refractivity contribution < 1.29 is 9.18 Å². The number of hydrogen-bond donors (Lipinski definition) is 1. The van der Waals surface area contributed by atoms with E-state index in [1.54, 1.807) is 12.1 Å². The van der Waals surface area contributed by atoms with E-state index in [0.29, 0.717) is 24.7 Å². The van der Waals surface area contributed by atoms with Crippen LogP contribution in [0.3, 0.4) is 0 Å². The van der Waals surface area contributed by atoms with Crippen LogP contribution in [0.4, 0.5) is 4.39 Å². The number of aryl methyl sites for hydroxylation is 1. The van der Waals surface area contributed by atoms with E-state index in [9.17, 15) is 9.18 Å². The van der Waals surface area contributed by atoms with Crippen LogP contribution in [0, 0.1) is 18.7 Å². The van der Waals surface area contributed by atoms with Crippen LogP contribution in [0.25, 0.3) is 10.4 Å². The summed E-state index contributed by atoms with van der Waals surface area (Å²) in [4.78, 5) is 20.3. The molecule has 1 aromatic heterocycles. The molecule has 24 heavy (non-hydrogen) atoms. The smallest absolute Gasteiger partial charge is 0.274 e. The van der Waals surface area contributed by atoms with Gasteiger partial charge in [0.05, 0.1) is 9.88 Å². The topological polar surface area (TPSA) is 59.2 Å². The zero-order valence-electron chi connectivity index (χ0n) is 14.0. The summed E-state index contributed by atoms with van der Waals surface area (Å²) in [5, 5.41) is 0.826. The number of rotatable bonds is 3. The van der Waals surface area contributed by atoms with Gasteiger partial charge in [-0.1, -0.05) is 19.1 Å². The number of halogens is 1. The summed E-state index contributed by atoms with van der Waals surface area (Å²) >= 11 is 1.46. The third-order valence-corrected chi connectivity index (χ3v) is 5.68. The van der Waals surface area contributed by atoms with Gasteiger partial charge in [-0.25, -0.2) is 9.37 Å². The number of hydrogen-bond acceptors (Lipinski definition) is 4. The Labute approximate surface area is 145 Å². The lowest BCUT2D eigenvalue weighted by molar-refractivity contribution is 0.0528. The highest BCUT2D eigenvalue weighted by molar-refractivity contribution is 7.15. The molecule has 0 spiro atoms. The number of nitrogens with two attached hydrogens (primary N) is 1. The van der Waals surface area contributed by atoms with Crippen LogP contribution >= 0.6 is 11.3 Å². The molecule has 0 bridgehead atoms. The standard InChI is InChI=1S/C18H22FN3OS/c1-11-4-3-9-22(15(11)10-20)18(23)16-17(24-12(2)21-16)13-5-7-14(19)8-6-13/h5-8,11,15H,3-4,9-10,20H2,1-2H3/t11-,15+/m1/s1. The fraction of sp³-hybridized carbons (Fsp3) is 0.444. The molecule has 1 fully saturated rings. The zero-order chi connectivity index (χ0) is 17.3.